The molecule has 9 heteroatoms. The minimum atomic E-state index is -3.82. The molecule has 1 aromatic rings. The van der Waals surface area contributed by atoms with Gasteiger partial charge in [-0.3, -0.25) is 10.1 Å². The van der Waals surface area contributed by atoms with Crippen molar-refractivity contribution in [1.29, 1.82) is 0 Å². The molecule has 0 spiro atoms. The largest absolute Gasteiger partial charge is 0.380 e. The summed E-state index contributed by atoms with van der Waals surface area (Å²) in [5.74, 6) is 0. The fourth-order valence-corrected chi connectivity index (χ4v) is 2.86. The van der Waals surface area contributed by atoms with Gasteiger partial charge in [0.25, 0.3) is 5.69 Å². The van der Waals surface area contributed by atoms with Crippen LogP contribution in [0.25, 0.3) is 0 Å². The maximum absolute atomic E-state index is 11.9. The SMILES string of the molecule is COC(C)CNS(=O)(=O)c1ccc([N+](=O)[O-])cc1Cl. The van der Waals surface area contributed by atoms with Crippen LogP contribution < -0.4 is 4.72 Å². The van der Waals surface area contributed by atoms with Crippen LogP contribution in [0.2, 0.25) is 5.02 Å². The number of sulfonamides is 1. The zero-order valence-corrected chi connectivity index (χ0v) is 11.9. The van der Waals surface area contributed by atoms with Gasteiger partial charge in [0, 0.05) is 25.8 Å². The number of hydrogen-bond donors (Lipinski definition) is 1. The molecule has 1 unspecified atom stereocenters. The molecular weight excluding hydrogens is 296 g/mol. The summed E-state index contributed by atoms with van der Waals surface area (Å²) in [7, 11) is -2.37. The molecule has 1 atom stereocenters. The number of nitrogens with zero attached hydrogens (tertiary/aromatic N) is 1. The average molecular weight is 309 g/mol. The number of halogens is 1. The van der Waals surface area contributed by atoms with E-state index < -0.39 is 14.9 Å². The Kier molecular flexibility index (Phi) is 5.24. The topological polar surface area (TPSA) is 98.5 Å². The number of rotatable bonds is 6. The van der Waals surface area contributed by atoms with E-state index in [4.69, 9.17) is 16.3 Å². The van der Waals surface area contributed by atoms with Gasteiger partial charge in [0.15, 0.2) is 0 Å². The fraction of sp³-hybridized carbons (Fsp3) is 0.400. The predicted molar refractivity (Wildman–Crippen MR) is 69.8 cm³/mol. The summed E-state index contributed by atoms with van der Waals surface area (Å²) in [4.78, 5) is 9.68. The molecule has 0 fully saturated rings. The van der Waals surface area contributed by atoms with Gasteiger partial charge in [-0.2, -0.15) is 0 Å². The molecule has 106 valence electrons. The molecule has 7 nitrogen and oxygen atoms in total. The van der Waals surface area contributed by atoms with Crippen LogP contribution >= 0.6 is 11.6 Å². The van der Waals surface area contributed by atoms with Gasteiger partial charge in [0.1, 0.15) is 4.90 Å². The molecule has 0 aromatic heterocycles. The van der Waals surface area contributed by atoms with Crippen molar-refractivity contribution in [3.8, 4) is 0 Å². The molecule has 0 amide bonds. The second kappa shape index (κ2) is 6.29. The van der Waals surface area contributed by atoms with Gasteiger partial charge in [0.2, 0.25) is 10.0 Å². The van der Waals surface area contributed by atoms with Crippen molar-refractivity contribution in [1.82, 2.24) is 4.72 Å². The minimum Gasteiger partial charge on any atom is -0.380 e. The van der Waals surface area contributed by atoms with Crippen molar-refractivity contribution in [2.45, 2.75) is 17.9 Å². The first-order valence-corrected chi connectivity index (χ1v) is 7.10. The monoisotopic (exact) mass is 308 g/mol. The summed E-state index contributed by atoms with van der Waals surface area (Å²) in [5, 5.41) is 10.3. The number of methoxy groups -OCH3 is 1. The van der Waals surface area contributed by atoms with Gasteiger partial charge in [-0.1, -0.05) is 11.6 Å². The highest BCUT2D eigenvalue weighted by molar-refractivity contribution is 7.89. The van der Waals surface area contributed by atoms with Crippen LogP contribution in [-0.4, -0.2) is 33.1 Å². The Morgan fingerprint density at radius 1 is 1.53 bits per heavy atom. The zero-order chi connectivity index (χ0) is 14.6. The van der Waals surface area contributed by atoms with E-state index in [1.54, 1.807) is 6.92 Å². The summed E-state index contributed by atoms with van der Waals surface area (Å²) < 4.78 is 31.1. The van der Waals surface area contributed by atoms with E-state index in [1.807, 2.05) is 0 Å². The van der Waals surface area contributed by atoms with Gasteiger partial charge in [-0.05, 0) is 13.0 Å². The van der Waals surface area contributed by atoms with Crippen LogP contribution in [0.1, 0.15) is 6.92 Å². The third-order valence-corrected chi connectivity index (χ3v) is 4.29. The number of benzene rings is 1. The number of non-ortho nitro benzene ring substituents is 1. The number of nitrogens with one attached hydrogen (secondary N) is 1. The smallest absolute Gasteiger partial charge is 0.271 e. The molecule has 1 aromatic carbocycles. The van der Waals surface area contributed by atoms with E-state index >= 15 is 0 Å². The van der Waals surface area contributed by atoms with Gasteiger partial charge >= 0.3 is 0 Å². The molecule has 0 saturated carbocycles. The molecule has 0 bridgehead atoms. The highest BCUT2D eigenvalue weighted by Gasteiger charge is 2.20. The molecule has 1 N–H and O–H groups in total. The molecule has 0 saturated heterocycles. The lowest BCUT2D eigenvalue weighted by Crippen LogP contribution is -2.31. The molecule has 0 aliphatic carbocycles. The summed E-state index contributed by atoms with van der Waals surface area (Å²) in [6, 6.07) is 3.18. The van der Waals surface area contributed by atoms with Crippen LogP contribution in [0, 0.1) is 10.1 Å². The van der Waals surface area contributed by atoms with E-state index in [0.717, 1.165) is 18.2 Å². The number of nitro groups is 1. The summed E-state index contributed by atoms with van der Waals surface area (Å²) in [6.07, 6.45) is -0.299. The first-order valence-electron chi connectivity index (χ1n) is 5.24. The maximum atomic E-state index is 11.9. The number of nitro benzene ring substituents is 1. The van der Waals surface area contributed by atoms with Crippen LogP contribution in [0.3, 0.4) is 0 Å². The summed E-state index contributed by atoms with van der Waals surface area (Å²) in [5.41, 5.74) is -0.269. The van der Waals surface area contributed by atoms with Crippen molar-refractivity contribution in [3.05, 3.63) is 33.3 Å². The molecule has 0 radical (unpaired) electrons. The van der Waals surface area contributed by atoms with Crippen molar-refractivity contribution >= 4 is 27.3 Å². The first-order chi connectivity index (χ1) is 8.77. The Balaban J connectivity index is 2.99. The van der Waals surface area contributed by atoms with Gasteiger partial charge in [-0.25, -0.2) is 13.1 Å². The highest BCUT2D eigenvalue weighted by Crippen LogP contribution is 2.25. The third kappa shape index (κ3) is 4.13. The average Bonchev–Trinajstić information content (AvgIpc) is 2.35. The van der Waals surface area contributed by atoms with Crippen LogP contribution in [0.15, 0.2) is 23.1 Å². The molecule has 1 rings (SSSR count). The second-order valence-corrected chi connectivity index (χ2v) is 5.91. The summed E-state index contributed by atoms with van der Waals surface area (Å²) in [6.45, 7) is 1.77. The lowest BCUT2D eigenvalue weighted by Gasteiger charge is -2.12. The van der Waals surface area contributed by atoms with Gasteiger partial charge in [0.05, 0.1) is 16.0 Å². The van der Waals surface area contributed by atoms with E-state index in [-0.39, 0.29) is 28.3 Å². The summed E-state index contributed by atoms with van der Waals surface area (Å²) >= 11 is 5.75. The molecule has 0 heterocycles. The van der Waals surface area contributed by atoms with Crippen LogP contribution in [0.5, 0.6) is 0 Å². The number of ether oxygens (including phenoxy) is 1. The number of hydrogen-bond acceptors (Lipinski definition) is 5. The van der Waals surface area contributed by atoms with Crippen molar-refractivity contribution in [2.75, 3.05) is 13.7 Å². The normalized spacial score (nSPS) is 13.2. The maximum Gasteiger partial charge on any atom is 0.271 e. The minimum absolute atomic E-state index is 0.0755. The van der Waals surface area contributed by atoms with Crippen molar-refractivity contribution in [3.63, 3.8) is 0 Å². The standard InChI is InChI=1S/C10H13ClN2O5S/c1-7(18-2)6-12-19(16,17)10-4-3-8(13(14)15)5-9(10)11/h3-5,7,12H,6H2,1-2H3. The lowest BCUT2D eigenvalue weighted by atomic mass is 10.3. The van der Waals surface area contributed by atoms with E-state index in [2.05, 4.69) is 4.72 Å². The highest BCUT2D eigenvalue weighted by atomic mass is 35.5. The molecular formula is C10H13ClN2O5S. The Hall–Kier alpha value is -1.22. The van der Waals surface area contributed by atoms with Crippen molar-refractivity contribution in [2.24, 2.45) is 0 Å². The zero-order valence-electron chi connectivity index (χ0n) is 10.3. The lowest BCUT2D eigenvalue weighted by molar-refractivity contribution is -0.384. The van der Waals surface area contributed by atoms with Gasteiger partial charge < -0.3 is 4.74 Å². The van der Waals surface area contributed by atoms with Crippen molar-refractivity contribution < 1.29 is 18.1 Å². The molecule has 19 heavy (non-hydrogen) atoms. The third-order valence-electron chi connectivity index (χ3n) is 2.38. The predicted octanol–water partition coefficient (Wildman–Crippen LogP) is 1.56. The van der Waals surface area contributed by atoms with E-state index in [9.17, 15) is 18.5 Å². The van der Waals surface area contributed by atoms with Crippen LogP contribution in [0.4, 0.5) is 5.69 Å². The first kappa shape index (κ1) is 15.8. The Morgan fingerprint density at radius 3 is 2.63 bits per heavy atom. The molecule has 0 aliphatic heterocycles. The Morgan fingerprint density at radius 2 is 2.16 bits per heavy atom. The molecule has 0 aliphatic rings. The van der Waals surface area contributed by atoms with Crippen LogP contribution in [-0.2, 0) is 14.8 Å². The quantitative estimate of drug-likeness (QED) is 0.635. The van der Waals surface area contributed by atoms with E-state index in [0.29, 0.717) is 0 Å². The Bertz CT molecular complexity index is 575. The fourth-order valence-electron chi connectivity index (χ4n) is 1.21. The second-order valence-electron chi connectivity index (χ2n) is 3.77. The van der Waals surface area contributed by atoms with Gasteiger partial charge in [-0.15, -0.1) is 0 Å². The van der Waals surface area contributed by atoms with E-state index in [1.165, 1.54) is 7.11 Å². The Labute approximate surface area is 115 Å².